The van der Waals surface area contributed by atoms with Crippen LogP contribution in [-0.2, 0) is 18.6 Å². The summed E-state index contributed by atoms with van der Waals surface area (Å²) < 4.78 is 0. The van der Waals surface area contributed by atoms with E-state index in [9.17, 15) is 0 Å². The van der Waals surface area contributed by atoms with Gasteiger partial charge in [0.05, 0.1) is 0 Å². The molecule has 1 radical (unpaired) electrons. The summed E-state index contributed by atoms with van der Waals surface area (Å²) in [5.41, 5.74) is 0. The first-order valence-electron chi connectivity index (χ1n) is 5.81. The molecule has 1 aliphatic rings. The minimum atomic E-state index is 0. The van der Waals surface area contributed by atoms with E-state index in [2.05, 4.69) is 22.8 Å². The van der Waals surface area contributed by atoms with E-state index < -0.39 is 0 Å². The summed E-state index contributed by atoms with van der Waals surface area (Å²) in [6.45, 7) is 12.1. The third-order valence-electron chi connectivity index (χ3n) is 1.48. The zero-order chi connectivity index (χ0) is 11.8. The molecule has 0 fully saturated rings. The summed E-state index contributed by atoms with van der Waals surface area (Å²) in [7, 11) is 0. The van der Waals surface area contributed by atoms with E-state index in [1.807, 2.05) is 39.8 Å². The van der Waals surface area contributed by atoms with Gasteiger partial charge in [-0.3, -0.25) is 6.08 Å². The monoisotopic (exact) mass is 260 g/mol. The molecule has 1 aliphatic carbocycles. The molecular formula is C13H25N2V-3. The molecule has 1 rings (SSSR count). The van der Waals surface area contributed by atoms with E-state index in [1.54, 1.807) is 0 Å². The number of hydrogen-bond donors (Lipinski definition) is 0. The van der Waals surface area contributed by atoms with E-state index in [-0.39, 0.29) is 18.6 Å². The van der Waals surface area contributed by atoms with Gasteiger partial charge in [0.2, 0.25) is 0 Å². The fraction of sp³-hybridized carbons (Fsp3) is 0.692. The molecule has 0 unspecified atom stereocenters. The Morgan fingerprint density at radius 2 is 1.38 bits per heavy atom. The van der Waals surface area contributed by atoms with Gasteiger partial charge in [-0.15, -0.1) is 6.42 Å². The van der Waals surface area contributed by atoms with Crippen molar-refractivity contribution in [3.8, 4) is 0 Å². The summed E-state index contributed by atoms with van der Waals surface area (Å²) in [5.74, 6) is 0. The second-order valence-corrected chi connectivity index (χ2v) is 2.72. The van der Waals surface area contributed by atoms with Crippen LogP contribution in [0.2, 0.25) is 0 Å². The Labute approximate surface area is 114 Å². The fourth-order valence-corrected chi connectivity index (χ4v) is 0.787. The van der Waals surface area contributed by atoms with Crippen molar-refractivity contribution in [2.75, 3.05) is 26.2 Å². The van der Waals surface area contributed by atoms with E-state index in [0.29, 0.717) is 0 Å². The van der Waals surface area contributed by atoms with E-state index in [4.69, 9.17) is 0 Å². The van der Waals surface area contributed by atoms with Gasteiger partial charge >= 0.3 is 0 Å². The molecule has 0 saturated heterocycles. The van der Waals surface area contributed by atoms with Crippen LogP contribution < -0.4 is 0 Å². The smallest absolute Gasteiger partial charge is 0 e. The van der Waals surface area contributed by atoms with Crippen molar-refractivity contribution in [3.63, 3.8) is 0 Å². The molecule has 0 atom stereocenters. The Bertz CT molecular complexity index is 125. The molecule has 3 heteroatoms. The van der Waals surface area contributed by atoms with Gasteiger partial charge in [0.1, 0.15) is 0 Å². The van der Waals surface area contributed by atoms with Crippen molar-refractivity contribution < 1.29 is 18.6 Å². The third kappa shape index (κ3) is 29.2. The molecule has 0 aromatic rings. The predicted octanol–water partition coefficient (Wildman–Crippen LogP) is 4.10. The second kappa shape index (κ2) is 24.3. The van der Waals surface area contributed by atoms with Gasteiger partial charge in [0.15, 0.2) is 0 Å². The van der Waals surface area contributed by atoms with Crippen LogP contribution in [0.15, 0.2) is 18.2 Å². The standard InChI is InChI=1S/C5H5.2C4H10N.V/c1-2-4-5-3-1;2*1-3-5-4-2;/h1-3H,4H2;2*3-4H2,1-2H3;/q3*-1;. The molecule has 2 nitrogen and oxygen atoms in total. The number of rotatable bonds is 4. The summed E-state index contributed by atoms with van der Waals surface area (Å²) in [6.07, 6.45) is 10.0. The fourth-order valence-electron chi connectivity index (χ4n) is 0.787. The van der Waals surface area contributed by atoms with Gasteiger partial charge in [0.25, 0.3) is 0 Å². The summed E-state index contributed by atoms with van der Waals surface area (Å²) in [4.78, 5) is 0. The van der Waals surface area contributed by atoms with Crippen LogP contribution in [0.1, 0.15) is 34.1 Å². The van der Waals surface area contributed by atoms with Crippen molar-refractivity contribution in [1.29, 1.82) is 0 Å². The van der Waals surface area contributed by atoms with Crippen LogP contribution in [0.3, 0.4) is 0 Å². The van der Waals surface area contributed by atoms with Gasteiger partial charge in [-0.25, -0.2) is 12.2 Å². The van der Waals surface area contributed by atoms with Crippen molar-refractivity contribution in [1.82, 2.24) is 0 Å². The Hall–Kier alpha value is -0.0156. The average Bonchev–Trinajstić information content (AvgIpc) is 2.79. The van der Waals surface area contributed by atoms with Gasteiger partial charge in [-0.1, -0.05) is 27.7 Å². The summed E-state index contributed by atoms with van der Waals surface area (Å²) in [6, 6.07) is 0. The van der Waals surface area contributed by atoms with Gasteiger partial charge in [-0.2, -0.15) is 32.3 Å². The average molecular weight is 260 g/mol. The van der Waals surface area contributed by atoms with Crippen LogP contribution in [-0.4, -0.2) is 26.2 Å². The third-order valence-corrected chi connectivity index (χ3v) is 1.48. The largest absolute Gasteiger partial charge is 0.663 e. The van der Waals surface area contributed by atoms with Crippen LogP contribution in [0.25, 0.3) is 10.6 Å². The molecule has 0 amide bonds. The van der Waals surface area contributed by atoms with E-state index in [0.717, 1.165) is 32.6 Å². The van der Waals surface area contributed by atoms with Crippen LogP contribution in [0.5, 0.6) is 0 Å². The van der Waals surface area contributed by atoms with Gasteiger partial charge in [0, 0.05) is 18.6 Å². The first-order valence-corrected chi connectivity index (χ1v) is 5.81. The van der Waals surface area contributed by atoms with Crippen molar-refractivity contribution in [3.05, 3.63) is 34.9 Å². The number of allylic oxidation sites excluding steroid dienone is 4. The number of hydrogen-bond acceptors (Lipinski definition) is 0. The maximum Gasteiger partial charge on any atom is 0 e. The van der Waals surface area contributed by atoms with E-state index >= 15 is 0 Å². The Morgan fingerprint density at radius 3 is 1.44 bits per heavy atom. The van der Waals surface area contributed by atoms with Crippen molar-refractivity contribution in [2.45, 2.75) is 34.1 Å². The molecule has 0 saturated carbocycles. The first-order chi connectivity index (χ1) is 7.33. The molecule has 0 aromatic carbocycles. The molecule has 0 bridgehead atoms. The van der Waals surface area contributed by atoms with Crippen molar-refractivity contribution >= 4 is 0 Å². The Morgan fingerprint density at radius 1 is 0.938 bits per heavy atom. The van der Waals surface area contributed by atoms with Gasteiger partial charge < -0.3 is 10.6 Å². The van der Waals surface area contributed by atoms with E-state index in [1.165, 1.54) is 0 Å². The van der Waals surface area contributed by atoms with Crippen LogP contribution in [0.4, 0.5) is 0 Å². The van der Waals surface area contributed by atoms with Crippen molar-refractivity contribution in [2.24, 2.45) is 0 Å². The Kier molecular flexibility index (Phi) is 32.3. The molecular weight excluding hydrogens is 235 g/mol. The molecule has 0 spiro atoms. The Balaban J connectivity index is -0.000000154. The molecule has 0 aliphatic heterocycles. The molecule has 95 valence electrons. The molecule has 16 heavy (non-hydrogen) atoms. The maximum atomic E-state index is 3.97. The molecule has 0 heterocycles. The van der Waals surface area contributed by atoms with Gasteiger partial charge in [-0.05, 0) is 0 Å². The first kappa shape index (κ1) is 21.3. The zero-order valence-corrected chi connectivity index (χ0v) is 12.5. The topological polar surface area (TPSA) is 28.2 Å². The summed E-state index contributed by atoms with van der Waals surface area (Å²) >= 11 is 0. The quantitative estimate of drug-likeness (QED) is 0.681. The SMILES string of the molecule is CC[N-]CC.CC[N-]CC.[C-]1=CC=CC1.[V]. The normalized spacial score (nSPS) is 10.8. The molecule has 0 N–H and O–H groups in total. The van der Waals surface area contributed by atoms with Crippen LogP contribution >= 0.6 is 0 Å². The predicted molar refractivity (Wildman–Crippen MR) is 70.5 cm³/mol. The summed E-state index contributed by atoms with van der Waals surface area (Å²) in [5, 5.41) is 7.94. The van der Waals surface area contributed by atoms with Crippen LogP contribution in [0, 0.1) is 6.08 Å². The zero-order valence-electron chi connectivity index (χ0n) is 11.1. The minimum Gasteiger partial charge on any atom is -0.663 e. The second-order valence-electron chi connectivity index (χ2n) is 2.72. The minimum absolute atomic E-state index is 0. The maximum absolute atomic E-state index is 3.97. The number of nitrogens with zero attached hydrogens (tertiary/aromatic N) is 2. The molecule has 0 aromatic heterocycles.